The van der Waals surface area contributed by atoms with Crippen molar-refractivity contribution in [3.05, 3.63) is 23.2 Å². The number of ketones is 2. The molecule has 34 heavy (non-hydrogen) atoms. The summed E-state index contributed by atoms with van der Waals surface area (Å²) in [5.41, 5.74) is 6.41. The van der Waals surface area contributed by atoms with E-state index in [0.717, 1.165) is 44.9 Å². The first kappa shape index (κ1) is 24.2. The number of carbonyl (C=O) groups is 2. The fraction of sp³-hybridized carbons (Fsp3) is 0.833. The number of Topliss-reactive ketones (excluding diaryl/α,β-unsaturated/α-hetero) is 2. The zero-order chi connectivity index (χ0) is 25.1. The maximum atomic E-state index is 14.2. The maximum absolute atomic E-state index is 14.2. The van der Waals surface area contributed by atoms with Gasteiger partial charge in [0.15, 0.2) is 5.78 Å². The number of allylic oxidation sites excluding steroid dienone is 2. The zero-order valence-electron chi connectivity index (χ0n) is 22.4. The Morgan fingerprint density at radius 1 is 0.912 bits per heavy atom. The normalized spacial score (nSPS) is 51.2. The SMILES string of the molecule is [C-]#[N+]C1=C[C@]2(C)C3CC(=O)[C@@H]4[C@@H]5CC(C)(C)CC[C@]5(N)CC[C@@]4(C)[C@]3(C)CC[C@H]2C(C)(C)C1=O. The minimum atomic E-state index is -0.572. The first-order valence-electron chi connectivity index (χ1n) is 13.5. The number of hydrogen-bond acceptors (Lipinski definition) is 3. The summed E-state index contributed by atoms with van der Waals surface area (Å²) in [6.45, 7) is 23.6. The Morgan fingerprint density at radius 3 is 2.21 bits per heavy atom. The number of fused-ring (bicyclic) bond motifs is 7. The predicted octanol–water partition coefficient (Wildman–Crippen LogP) is 6.35. The summed E-state index contributed by atoms with van der Waals surface area (Å²) in [6.07, 6.45) is 9.80. The Balaban J connectivity index is 1.63. The lowest BCUT2D eigenvalue weighted by atomic mass is 9.32. The average molecular weight is 465 g/mol. The molecule has 5 rings (SSSR count). The third-order valence-electron chi connectivity index (χ3n) is 12.5. The molecular weight excluding hydrogens is 420 g/mol. The van der Waals surface area contributed by atoms with Gasteiger partial charge in [-0.3, -0.25) is 4.79 Å². The molecule has 2 N–H and O–H groups in total. The zero-order valence-corrected chi connectivity index (χ0v) is 22.4. The van der Waals surface area contributed by atoms with E-state index in [1.807, 2.05) is 19.9 Å². The van der Waals surface area contributed by atoms with E-state index in [1.54, 1.807) is 0 Å². The van der Waals surface area contributed by atoms with Crippen LogP contribution in [-0.4, -0.2) is 17.1 Å². The van der Waals surface area contributed by atoms with Crippen LogP contribution in [0.2, 0.25) is 0 Å². The molecule has 186 valence electrons. The van der Waals surface area contributed by atoms with Gasteiger partial charge >= 0.3 is 0 Å². The number of nitrogens with zero attached hydrogens (tertiary/aromatic N) is 1. The van der Waals surface area contributed by atoms with Crippen molar-refractivity contribution in [3.63, 3.8) is 0 Å². The van der Waals surface area contributed by atoms with Gasteiger partial charge in [-0.15, -0.1) is 0 Å². The van der Waals surface area contributed by atoms with Crippen LogP contribution in [0.3, 0.4) is 0 Å². The van der Waals surface area contributed by atoms with Crippen LogP contribution >= 0.6 is 0 Å². The topological polar surface area (TPSA) is 64.5 Å². The van der Waals surface area contributed by atoms with Gasteiger partial charge < -0.3 is 10.5 Å². The van der Waals surface area contributed by atoms with Gasteiger partial charge in [-0.25, -0.2) is 4.85 Å². The highest BCUT2D eigenvalue weighted by Crippen LogP contribution is 2.74. The summed E-state index contributed by atoms with van der Waals surface area (Å²) in [5, 5.41) is 0. The van der Waals surface area contributed by atoms with E-state index in [9.17, 15) is 9.59 Å². The second-order valence-corrected chi connectivity index (χ2v) is 14.9. The number of rotatable bonds is 0. The van der Waals surface area contributed by atoms with Crippen LogP contribution in [0.25, 0.3) is 4.85 Å². The molecule has 0 amide bonds. The Hall–Kier alpha value is -1.47. The van der Waals surface area contributed by atoms with Gasteiger partial charge in [0.25, 0.3) is 0 Å². The average Bonchev–Trinajstić information content (AvgIpc) is 2.74. The van der Waals surface area contributed by atoms with E-state index in [0.29, 0.717) is 12.2 Å². The molecule has 0 spiro atoms. The summed E-state index contributed by atoms with van der Waals surface area (Å²) >= 11 is 0. The predicted molar refractivity (Wildman–Crippen MR) is 134 cm³/mol. The Bertz CT molecular complexity index is 1030. The second kappa shape index (κ2) is 6.84. The molecule has 5 aliphatic rings. The van der Waals surface area contributed by atoms with Crippen LogP contribution in [0, 0.1) is 57.3 Å². The molecule has 0 aromatic rings. The van der Waals surface area contributed by atoms with E-state index in [4.69, 9.17) is 12.3 Å². The van der Waals surface area contributed by atoms with Crippen molar-refractivity contribution < 1.29 is 9.59 Å². The fourth-order valence-electron chi connectivity index (χ4n) is 10.3. The molecule has 0 bridgehead atoms. The molecule has 4 fully saturated rings. The number of nitrogens with two attached hydrogens (primary N) is 1. The van der Waals surface area contributed by atoms with Gasteiger partial charge in [0, 0.05) is 23.3 Å². The molecule has 0 aliphatic heterocycles. The van der Waals surface area contributed by atoms with Crippen molar-refractivity contribution in [2.75, 3.05) is 0 Å². The van der Waals surface area contributed by atoms with Crippen LogP contribution in [0.1, 0.15) is 99.8 Å². The highest BCUT2D eigenvalue weighted by Gasteiger charge is 2.71. The number of hydrogen-bond donors (Lipinski definition) is 1. The van der Waals surface area contributed by atoms with E-state index in [-0.39, 0.29) is 62.4 Å². The first-order valence-corrected chi connectivity index (χ1v) is 13.5. The standard InChI is InChI=1S/C30H44N2O2/c1-25(2)11-13-30(31)14-12-29(7)23(18(30)16-25)20(33)15-22-27(5)17-19(32-8)24(34)26(3,4)21(27)9-10-28(22,29)6/h17-18,21-23H,9-16,31H2,1-7H3/t18-,21-,22?,23-,27-,28+,29+,30-/m0/s1. The molecule has 0 heterocycles. The van der Waals surface area contributed by atoms with Gasteiger partial charge in [-0.2, -0.15) is 0 Å². The molecule has 1 unspecified atom stereocenters. The lowest BCUT2D eigenvalue weighted by Crippen LogP contribution is -2.71. The van der Waals surface area contributed by atoms with Crippen molar-refractivity contribution >= 4 is 11.6 Å². The summed E-state index contributed by atoms with van der Waals surface area (Å²) < 4.78 is 0. The maximum Gasteiger partial charge on any atom is 0.226 e. The van der Waals surface area contributed by atoms with E-state index >= 15 is 0 Å². The third kappa shape index (κ3) is 2.80. The van der Waals surface area contributed by atoms with Crippen molar-refractivity contribution in [1.82, 2.24) is 0 Å². The second-order valence-electron chi connectivity index (χ2n) is 14.9. The van der Waals surface area contributed by atoms with Crippen LogP contribution < -0.4 is 5.73 Å². The lowest BCUT2D eigenvalue weighted by molar-refractivity contribution is -0.213. The number of carbonyl (C=O) groups excluding carboxylic acids is 2. The fourth-order valence-corrected chi connectivity index (χ4v) is 10.3. The highest BCUT2D eigenvalue weighted by molar-refractivity contribution is 6.02. The highest BCUT2D eigenvalue weighted by atomic mass is 16.1. The monoisotopic (exact) mass is 464 g/mol. The third-order valence-corrected chi connectivity index (χ3v) is 12.5. The molecule has 0 saturated heterocycles. The molecule has 8 atom stereocenters. The Labute approximate surface area is 206 Å². The van der Waals surface area contributed by atoms with Crippen molar-refractivity contribution in [1.29, 1.82) is 0 Å². The van der Waals surface area contributed by atoms with E-state index in [2.05, 4.69) is 39.5 Å². The van der Waals surface area contributed by atoms with Gasteiger partial charge in [0.2, 0.25) is 5.70 Å². The molecule has 4 heteroatoms. The Morgan fingerprint density at radius 2 is 1.56 bits per heavy atom. The molecule has 5 aliphatic carbocycles. The van der Waals surface area contributed by atoms with Crippen molar-refractivity contribution in [3.8, 4) is 0 Å². The van der Waals surface area contributed by atoms with Crippen LogP contribution in [-0.2, 0) is 9.59 Å². The molecule has 4 saturated carbocycles. The molecule has 0 aromatic heterocycles. The van der Waals surface area contributed by atoms with Gasteiger partial charge in [0.05, 0.1) is 6.57 Å². The van der Waals surface area contributed by atoms with E-state index in [1.165, 1.54) is 0 Å². The first-order chi connectivity index (χ1) is 15.6. The van der Waals surface area contributed by atoms with Crippen molar-refractivity contribution in [2.24, 2.45) is 56.5 Å². The minimum absolute atomic E-state index is 0.0140. The molecule has 0 aromatic carbocycles. The van der Waals surface area contributed by atoms with Crippen LogP contribution in [0.4, 0.5) is 0 Å². The van der Waals surface area contributed by atoms with Gasteiger partial charge in [-0.1, -0.05) is 54.5 Å². The smallest absolute Gasteiger partial charge is 0.226 e. The summed E-state index contributed by atoms with van der Waals surface area (Å²) in [7, 11) is 0. The molecule has 0 radical (unpaired) electrons. The van der Waals surface area contributed by atoms with Crippen LogP contribution in [0.15, 0.2) is 11.8 Å². The van der Waals surface area contributed by atoms with Gasteiger partial charge in [-0.05, 0) is 84.4 Å². The lowest BCUT2D eigenvalue weighted by Gasteiger charge is -2.71. The van der Waals surface area contributed by atoms with E-state index < -0.39 is 5.41 Å². The Kier molecular flexibility index (Phi) is 4.88. The van der Waals surface area contributed by atoms with Gasteiger partial charge in [0.1, 0.15) is 5.78 Å². The molecule has 4 nitrogen and oxygen atoms in total. The van der Waals surface area contributed by atoms with Crippen LogP contribution in [0.5, 0.6) is 0 Å². The minimum Gasteiger partial charge on any atom is -0.325 e. The summed E-state index contributed by atoms with van der Waals surface area (Å²) in [6, 6.07) is 0. The quantitative estimate of drug-likeness (QED) is 0.425. The largest absolute Gasteiger partial charge is 0.325 e. The summed E-state index contributed by atoms with van der Waals surface area (Å²) in [4.78, 5) is 31.1. The van der Waals surface area contributed by atoms with Crippen molar-refractivity contribution in [2.45, 2.75) is 105 Å². The summed E-state index contributed by atoms with van der Waals surface area (Å²) in [5.74, 6) is 0.971. The molecular formula is C30H44N2O2.